The average molecular weight is 285 g/mol. The van der Waals surface area contributed by atoms with Crippen molar-refractivity contribution in [2.45, 2.75) is 47.0 Å². The van der Waals surface area contributed by atoms with Crippen molar-refractivity contribution >= 4 is 17.8 Å². The number of hydrogen-bond acceptors (Lipinski definition) is 3. The predicted octanol–water partition coefficient (Wildman–Crippen LogP) is 1.60. The number of imide groups is 1. The summed E-state index contributed by atoms with van der Waals surface area (Å²) in [4.78, 5) is 38.6. The van der Waals surface area contributed by atoms with Gasteiger partial charge >= 0.3 is 17.8 Å². The van der Waals surface area contributed by atoms with Gasteiger partial charge in [-0.25, -0.2) is 4.79 Å². The number of amides is 4. The Bertz CT molecular complexity index is 328. The Morgan fingerprint density at radius 3 is 1.95 bits per heavy atom. The summed E-state index contributed by atoms with van der Waals surface area (Å²) >= 11 is 0. The summed E-state index contributed by atoms with van der Waals surface area (Å²) in [6.45, 7) is 9.18. The summed E-state index contributed by atoms with van der Waals surface area (Å²) in [7, 11) is 0. The fourth-order valence-electron chi connectivity index (χ4n) is 1.75. The van der Waals surface area contributed by atoms with E-state index in [2.05, 4.69) is 5.32 Å². The number of hydrogen-bond donors (Lipinski definition) is 1. The average Bonchev–Trinajstić information content (AvgIpc) is 2.45. The van der Waals surface area contributed by atoms with Crippen molar-refractivity contribution in [2.24, 2.45) is 0 Å². The van der Waals surface area contributed by atoms with E-state index >= 15 is 0 Å². The summed E-state index contributed by atoms with van der Waals surface area (Å²) in [5, 5.41) is 2.67. The molecule has 6 nitrogen and oxygen atoms in total. The molecule has 0 heterocycles. The fraction of sp³-hybridized carbons (Fsp3) is 0.786. The molecule has 0 aliphatic heterocycles. The Labute approximate surface area is 121 Å². The number of carbonyl (C=O) groups excluding carboxylic acids is 3. The van der Waals surface area contributed by atoms with Crippen LogP contribution in [0, 0.1) is 0 Å². The highest BCUT2D eigenvalue weighted by molar-refractivity contribution is 6.37. The zero-order chi connectivity index (χ0) is 15.5. The summed E-state index contributed by atoms with van der Waals surface area (Å²) in [6, 6.07) is -0.481. The van der Waals surface area contributed by atoms with E-state index < -0.39 is 17.8 Å². The molecule has 0 rings (SSSR count). The number of unbranched alkanes of at least 4 members (excludes halogenated alkanes) is 1. The normalized spacial score (nSPS) is 10.0. The predicted molar refractivity (Wildman–Crippen MR) is 78.2 cm³/mol. The number of rotatable bonds is 7. The monoisotopic (exact) mass is 285 g/mol. The summed E-state index contributed by atoms with van der Waals surface area (Å²) in [5.74, 6) is -1.36. The van der Waals surface area contributed by atoms with Gasteiger partial charge in [-0.05, 0) is 26.7 Å². The highest BCUT2D eigenvalue weighted by Crippen LogP contribution is 2.00. The van der Waals surface area contributed by atoms with Crippen molar-refractivity contribution in [3.8, 4) is 0 Å². The molecule has 0 bridgehead atoms. The summed E-state index contributed by atoms with van der Waals surface area (Å²) in [5.41, 5.74) is 0. The highest BCUT2D eigenvalue weighted by Gasteiger charge is 2.29. The Kier molecular flexibility index (Phi) is 9.41. The maximum atomic E-state index is 12.1. The van der Waals surface area contributed by atoms with Crippen LogP contribution in [0.4, 0.5) is 4.79 Å². The number of urea groups is 1. The van der Waals surface area contributed by atoms with Gasteiger partial charge in [-0.15, -0.1) is 0 Å². The lowest BCUT2D eigenvalue weighted by atomic mass is 10.3. The smallest absolute Gasteiger partial charge is 0.324 e. The van der Waals surface area contributed by atoms with Gasteiger partial charge in [0, 0.05) is 26.2 Å². The first-order valence-electron chi connectivity index (χ1n) is 7.41. The Morgan fingerprint density at radius 2 is 1.50 bits per heavy atom. The van der Waals surface area contributed by atoms with Crippen LogP contribution in [0.2, 0.25) is 0 Å². The summed E-state index contributed by atoms with van der Waals surface area (Å²) < 4.78 is 0. The molecule has 4 amide bonds. The van der Waals surface area contributed by atoms with Gasteiger partial charge in [0.05, 0.1) is 0 Å². The molecule has 0 aromatic heterocycles. The number of nitrogens with one attached hydrogen (secondary N) is 1. The number of carbonyl (C=O) groups is 3. The standard InChI is InChI=1S/C14H27N3O3/c1-5-9-10-15-14(20)17(11-6-2)13(19)12(18)16(7-3)8-4/h5-11H2,1-4H3,(H,15,20). The lowest BCUT2D eigenvalue weighted by Gasteiger charge is -2.24. The van der Waals surface area contributed by atoms with Crippen LogP contribution in [0.15, 0.2) is 0 Å². The SMILES string of the molecule is CCCCNC(=O)N(CCC)C(=O)C(=O)N(CC)CC. The van der Waals surface area contributed by atoms with Gasteiger partial charge in [0.25, 0.3) is 0 Å². The van der Waals surface area contributed by atoms with E-state index in [4.69, 9.17) is 0 Å². The fourth-order valence-corrected chi connectivity index (χ4v) is 1.75. The van der Waals surface area contributed by atoms with Crippen molar-refractivity contribution in [1.82, 2.24) is 15.1 Å². The molecule has 0 radical (unpaired) electrons. The van der Waals surface area contributed by atoms with E-state index in [1.54, 1.807) is 13.8 Å². The zero-order valence-corrected chi connectivity index (χ0v) is 13.1. The Morgan fingerprint density at radius 1 is 0.900 bits per heavy atom. The van der Waals surface area contributed by atoms with Gasteiger partial charge in [0.2, 0.25) is 0 Å². The molecule has 0 aliphatic carbocycles. The van der Waals surface area contributed by atoms with Gasteiger partial charge in [0.1, 0.15) is 0 Å². The molecule has 0 saturated carbocycles. The van der Waals surface area contributed by atoms with Crippen LogP contribution in [0.25, 0.3) is 0 Å². The van der Waals surface area contributed by atoms with E-state index in [1.807, 2.05) is 13.8 Å². The maximum Gasteiger partial charge on any atom is 0.324 e. The third-order valence-electron chi connectivity index (χ3n) is 2.98. The van der Waals surface area contributed by atoms with E-state index in [9.17, 15) is 14.4 Å². The first-order chi connectivity index (χ1) is 9.53. The lowest BCUT2D eigenvalue weighted by Crippen LogP contribution is -2.51. The van der Waals surface area contributed by atoms with Crippen LogP contribution >= 0.6 is 0 Å². The first kappa shape index (κ1) is 18.4. The summed E-state index contributed by atoms with van der Waals surface area (Å²) in [6.07, 6.45) is 2.43. The molecule has 0 saturated heterocycles. The molecule has 0 unspecified atom stereocenters. The van der Waals surface area contributed by atoms with Crippen LogP contribution in [-0.2, 0) is 9.59 Å². The number of likely N-dealkylation sites (N-methyl/N-ethyl adjacent to an activating group) is 1. The van der Waals surface area contributed by atoms with Crippen LogP contribution in [-0.4, -0.2) is 53.8 Å². The number of nitrogens with zero attached hydrogens (tertiary/aromatic N) is 2. The van der Waals surface area contributed by atoms with Crippen LogP contribution < -0.4 is 5.32 Å². The van der Waals surface area contributed by atoms with Crippen LogP contribution in [0.1, 0.15) is 47.0 Å². The second-order valence-electron chi connectivity index (χ2n) is 4.52. The van der Waals surface area contributed by atoms with E-state index in [0.29, 0.717) is 26.1 Å². The first-order valence-corrected chi connectivity index (χ1v) is 7.41. The third kappa shape index (κ3) is 5.59. The second kappa shape index (κ2) is 10.2. The Hall–Kier alpha value is -1.59. The minimum atomic E-state index is -0.746. The molecule has 116 valence electrons. The van der Waals surface area contributed by atoms with Gasteiger partial charge in [-0.3, -0.25) is 14.5 Å². The molecule has 0 fully saturated rings. The molecule has 1 N–H and O–H groups in total. The molecule has 20 heavy (non-hydrogen) atoms. The zero-order valence-electron chi connectivity index (χ0n) is 13.1. The lowest BCUT2D eigenvalue weighted by molar-refractivity contribution is -0.149. The molecular formula is C14H27N3O3. The molecule has 0 spiro atoms. The molecular weight excluding hydrogens is 258 g/mol. The maximum absolute atomic E-state index is 12.1. The molecule has 0 aromatic rings. The van der Waals surface area contributed by atoms with Crippen molar-refractivity contribution in [3.05, 3.63) is 0 Å². The molecule has 0 atom stereocenters. The minimum absolute atomic E-state index is 0.254. The van der Waals surface area contributed by atoms with Gasteiger partial charge in [0.15, 0.2) is 0 Å². The van der Waals surface area contributed by atoms with Crippen LogP contribution in [0.5, 0.6) is 0 Å². The molecule has 6 heteroatoms. The van der Waals surface area contributed by atoms with Gasteiger partial charge < -0.3 is 10.2 Å². The van der Waals surface area contributed by atoms with Crippen LogP contribution in [0.3, 0.4) is 0 Å². The third-order valence-corrected chi connectivity index (χ3v) is 2.98. The van der Waals surface area contributed by atoms with Crippen molar-refractivity contribution < 1.29 is 14.4 Å². The molecule has 0 aliphatic rings. The largest absolute Gasteiger partial charge is 0.338 e. The van der Waals surface area contributed by atoms with Crippen molar-refractivity contribution in [2.75, 3.05) is 26.2 Å². The van der Waals surface area contributed by atoms with E-state index in [1.165, 1.54) is 4.90 Å². The van der Waals surface area contributed by atoms with E-state index in [-0.39, 0.29) is 6.54 Å². The van der Waals surface area contributed by atoms with Gasteiger partial charge in [-0.1, -0.05) is 20.3 Å². The highest BCUT2D eigenvalue weighted by atomic mass is 16.2. The topological polar surface area (TPSA) is 69.7 Å². The van der Waals surface area contributed by atoms with Crippen molar-refractivity contribution in [3.63, 3.8) is 0 Å². The van der Waals surface area contributed by atoms with E-state index in [0.717, 1.165) is 17.7 Å². The van der Waals surface area contributed by atoms with Crippen molar-refractivity contribution in [1.29, 1.82) is 0 Å². The quantitative estimate of drug-likeness (QED) is 0.570. The second-order valence-corrected chi connectivity index (χ2v) is 4.52. The minimum Gasteiger partial charge on any atom is -0.338 e. The molecule has 0 aromatic carbocycles. The Balaban J connectivity index is 4.75. The van der Waals surface area contributed by atoms with Gasteiger partial charge in [-0.2, -0.15) is 0 Å².